The molecule has 7 heteroatoms. The van der Waals surface area contributed by atoms with Crippen LogP contribution in [0.4, 0.5) is 5.69 Å². The SMILES string of the molecule is C=C(NCCOC)c1ccc(C(=O)Nc2ccc(Cl)c(-c3ccccn3)c2)c(Cl)c1. The van der Waals surface area contributed by atoms with Crippen molar-refractivity contribution >= 4 is 40.5 Å². The van der Waals surface area contributed by atoms with Crippen LogP contribution in [0.1, 0.15) is 15.9 Å². The molecule has 1 amide bonds. The van der Waals surface area contributed by atoms with Crippen LogP contribution in [0.3, 0.4) is 0 Å². The van der Waals surface area contributed by atoms with Crippen molar-refractivity contribution in [2.24, 2.45) is 0 Å². The molecule has 0 aliphatic heterocycles. The predicted octanol–water partition coefficient (Wildman–Crippen LogP) is 5.51. The molecule has 0 saturated carbocycles. The number of carbonyl (C=O) groups excluding carboxylic acids is 1. The second kappa shape index (κ2) is 10.3. The number of carbonyl (C=O) groups is 1. The van der Waals surface area contributed by atoms with E-state index in [4.69, 9.17) is 27.9 Å². The number of ether oxygens (including phenoxy) is 1. The quantitative estimate of drug-likeness (QED) is 0.452. The third-order valence-electron chi connectivity index (χ3n) is 4.37. The van der Waals surface area contributed by atoms with Crippen molar-refractivity contribution < 1.29 is 9.53 Å². The minimum atomic E-state index is -0.321. The van der Waals surface area contributed by atoms with E-state index in [1.165, 1.54) is 0 Å². The third kappa shape index (κ3) is 5.39. The minimum absolute atomic E-state index is 0.321. The Hall–Kier alpha value is -2.86. The Morgan fingerprint density at radius 3 is 2.63 bits per heavy atom. The molecular formula is C23H21Cl2N3O2. The van der Waals surface area contributed by atoms with Gasteiger partial charge in [0.25, 0.3) is 5.91 Å². The normalized spacial score (nSPS) is 10.5. The zero-order chi connectivity index (χ0) is 21.5. The van der Waals surface area contributed by atoms with E-state index in [2.05, 4.69) is 22.2 Å². The number of benzene rings is 2. The van der Waals surface area contributed by atoms with Gasteiger partial charge in [0.15, 0.2) is 0 Å². The van der Waals surface area contributed by atoms with Crippen LogP contribution in [0.5, 0.6) is 0 Å². The van der Waals surface area contributed by atoms with Gasteiger partial charge >= 0.3 is 0 Å². The smallest absolute Gasteiger partial charge is 0.257 e. The van der Waals surface area contributed by atoms with Crippen molar-refractivity contribution in [3.63, 3.8) is 0 Å². The van der Waals surface area contributed by atoms with Gasteiger partial charge in [-0.25, -0.2) is 0 Å². The molecule has 0 radical (unpaired) electrons. The van der Waals surface area contributed by atoms with E-state index < -0.39 is 0 Å². The largest absolute Gasteiger partial charge is 0.383 e. The summed E-state index contributed by atoms with van der Waals surface area (Å²) in [6, 6.07) is 16.0. The first-order valence-electron chi connectivity index (χ1n) is 9.23. The summed E-state index contributed by atoms with van der Waals surface area (Å²) in [5.74, 6) is -0.321. The van der Waals surface area contributed by atoms with Crippen molar-refractivity contribution in [3.05, 3.63) is 88.5 Å². The molecule has 0 atom stereocenters. The van der Waals surface area contributed by atoms with Gasteiger partial charge in [0, 0.05) is 36.8 Å². The number of pyridine rings is 1. The Kier molecular flexibility index (Phi) is 7.46. The molecule has 1 aromatic heterocycles. The molecule has 3 aromatic rings. The summed E-state index contributed by atoms with van der Waals surface area (Å²) in [4.78, 5) is 17.1. The van der Waals surface area contributed by atoms with Crippen LogP contribution in [-0.4, -0.2) is 31.2 Å². The van der Waals surface area contributed by atoms with Crippen molar-refractivity contribution in [3.8, 4) is 11.3 Å². The fraction of sp³-hybridized carbons (Fsp3) is 0.130. The number of nitrogens with zero attached hydrogens (tertiary/aromatic N) is 1. The Morgan fingerprint density at radius 1 is 1.10 bits per heavy atom. The summed E-state index contributed by atoms with van der Waals surface area (Å²) in [5, 5.41) is 6.89. The van der Waals surface area contributed by atoms with E-state index in [0.717, 1.165) is 16.8 Å². The lowest BCUT2D eigenvalue weighted by atomic mass is 10.1. The molecule has 5 nitrogen and oxygen atoms in total. The number of amides is 1. The first-order chi connectivity index (χ1) is 14.5. The first-order valence-corrected chi connectivity index (χ1v) is 9.99. The lowest BCUT2D eigenvalue weighted by Crippen LogP contribution is -2.17. The maximum atomic E-state index is 12.8. The summed E-state index contributed by atoms with van der Waals surface area (Å²) in [7, 11) is 1.63. The minimum Gasteiger partial charge on any atom is -0.383 e. The molecule has 1 heterocycles. The molecule has 0 bridgehead atoms. The molecule has 0 fully saturated rings. The fourth-order valence-electron chi connectivity index (χ4n) is 2.81. The molecule has 0 spiro atoms. The van der Waals surface area contributed by atoms with Crippen molar-refractivity contribution in [1.29, 1.82) is 0 Å². The molecule has 0 saturated heterocycles. The number of aromatic nitrogens is 1. The molecule has 0 aliphatic rings. The number of methoxy groups -OCH3 is 1. The van der Waals surface area contributed by atoms with Gasteiger partial charge in [-0.2, -0.15) is 0 Å². The highest BCUT2D eigenvalue weighted by Crippen LogP contribution is 2.30. The van der Waals surface area contributed by atoms with Gasteiger partial charge in [0.2, 0.25) is 0 Å². The van der Waals surface area contributed by atoms with Gasteiger partial charge in [-0.15, -0.1) is 0 Å². The molecule has 0 aliphatic carbocycles. The van der Waals surface area contributed by atoms with E-state index in [0.29, 0.717) is 40.1 Å². The molecular weight excluding hydrogens is 421 g/mol. The van der Waals surface area contributed by atoms with Crippen LogP contribution >= 0.6 is 23.2 Å². The predicted molar refractivity (Wildman–Crippen MR) is 123 cm³/mol. The van der Waals surface area contributed by atoms with Crippen LogP contribution < -0.4 is 10.6 Å². The number of hydrogen-bond acceptors (Lipinski definition) is 4. The summed E-state index contributed by atoms with van der Waals surface area (Å²) in [6.07, 6.45) is 1.69. The van der Waals surface area contributed by atoms with Crippen LogP contribution in [0.2, 0.25) is 10.0 Å². The molecule has 154 valence electrons. The second-order valence-electron chi connectivity index (χ2n) is 6.46. The lowest BCUT2D eigenvalue weighted by Gasteiger charge is -2.12. The summed E-state index contributed by atoms with van der Waals surface area (Å²) >= 11 is 12.7. The average molecular weight is 442 g/mol. The molecule has 30 heavy (non-hydrogen) atoms. The topological polar surface area (TPSA) is 63.2 Å². The van der Waals surface area contributed by atoms with Crippen LogP contribution in [0, 0.1) is 0 Å². The molecule has 2 aromatic carbocycles. The average Bonchev–Trinajstić information content (AvgIpc) is 2.75. The van der Waals surface area contributed by atoms with Gasteiger partial charge in [-0.05, 0) is 48.0 Å². The Balaban J connectivity index is 1.76. The summed E-state index contributed by atoms with van der Waals surface area (Å²) in [5.41, 5.74) is 3.92. The van der Waals surface area contributed by atoms with Crippen molar-refractivity contribution in [2.45, 2.75) is 0 Å². The van der Waals surface area contributed by atoms with Gasteiger partial charge in [-0.1, -0.05) is 41.9 Å². The maximum absolute atomic E-state index is 12.8. The number of anilines is 1. The fourth-order valence-corrected chi connectivity index (χ4v) is 3.29. The van der Waals surface area contributed by atoms with E-state index in [-0.39, 0.29) is 5.91 Å². The van der Waals surface area contributed by atoms with Gasteiger partial charge in [0.05, 0.1) is 27.9 Å². The second-order valence-corrected chi connectivity index (χ2v) is 7.27. The number of halogens is 2. The number of rotatable bonds is 8. The first kappa shape index (κ1) is 21.8. The Morgan fingerprint density at radius 2 is 1.93 bits per heavy atom. The molecule has 3 rings (SSSR count). The van der Waals surface area contributed by atoms with Gasteiger partial charge < -0.3 is 15.4 Å². The summed E-state index contributed by atoms with van der Waals surface area (Å²) < 4.78 is 5.01. The summed E-state index contributed by atoms with van der Waals surface area (Å²) in [6.45, 7) is 5.18. The Bertz CT molecular complexity index is 1060. The lowest BCUT2D eigenvalue weighted by molar-refractivity contribution is 0.102. The van der Waals surface area contributed by atoms with E-state index in [9.17, 15) is 4.79 Å². The third-order valence-corrected chi connectivity index (χ3v) is 5.01. The van der Waals surface area contributed by atoms with Crippen molar-refractivity contribution in [2.75, 3.05) is 25.6 Å². The van der Waals surface area contributed by atoms with Crippen molar-refractivity contribution in [1.82, 2.24) is 10.3 Å². The van der Waals surface area contributed by atoms with E-state index in [1.54, 1.807) is 49.7 Å². The molecule has 0 unspecified atom stereocenters. The highest BCUT2D eigenvalue weighted by Gasteiger charge is 2.14. The monoisotopic (exact) mass is 441 g/mol. The maximum Gasteiger partial charge on any atom is 0.257 e. The van der Waals surface area contributed by atoms with E-state index in [1.807, 2.05) is 18.2 Å². The number of hydrogen-bond donors (Lipinski definition) is 2. The zero-order valence-electron chi connectivity index (χ0n) is 16.4. The highest BCUT2D eigenvalue weighted by molar-refractivity contribution is 6.35. The van der Waals surface area contributed by atoms with Crippen LogP contribution in [0.25, 0.3) is 17.0 Å². The molecule has 2 N–H and O–H groups in total. The standard InChI is InChI=1S/C23H21Cl2N3O2/c1-15(26-11-12-30-2)16-6-8-18(21(25)13-16)23(29)28-17-7-9-20(24)19(14-17)22-5-3-4-10-27-22/h3-10,13-14,26H,1,11-12H2,2H3,(H,28,29). The number of nitrogens with one attached hydrogen (secondary N) is 2. The van der Waals surface area contributed by atoms with E-state index >= 15 is 0 Å². The van der Waals surface area contributed by atoms with Gasteiger partial charge in [-0.3, -0.25) is 9.78 Å². The zero-order valence-corrected chi connectivity index (χ0v) is 17.9. The Labute approximate surface area is 185 Å². The van der Waals surface area contributed by atoms with Gasteiger partial charge in [0.1, 0.15) is 0 Å². The van der Waals surface area contributed by atoms with Crippen LogP contribution in [0.15, 0.2) is 67.4 Å². The van der Waals surface area contributed by atoms with Crippen LogP contribution in [-0.2, 0) is 4.74 Å². The highest BCUT2D eigenvalue weighted by atomic mass is 35.5.